The highest BCUT2D eigenvalue weighted by Gasteiger charge is 2.42. The molecule has 0 spiro atoms. The van der Waals surface area contributed by atoms with Crippen LogP contribution in [0.25, 0.3) is 0 Å². The highest BCUT2D eigenvalue weighted by Crippen LogP contribution is 2.38. The first kappa shape index (κ1) is 15.8. The highest BCUT2D eigenvalue weighted by atomic mass is 32.1. The molecular formula is C16H20F3NOS. The van der Waals surface area contributed by atoms with Crippen molar-refractivity contribution in [1.82, 2.24) is 5.32 Å². The van der Waals surface area contributed by atoms with Crippen molar-refractivity contribution in [2.24, 2.45) is 5.92 Å². The molecule has 1 aromatic rings. The fourth-order valence-corrected chi connectivity index (χ4v) is 4.69. The molecule has 6 heteroatoms. The van der Waals surface area contributed by atoms with Crippen LogP contribution >= 0.6 is 11.3 Å². The number of hydrogen-bond acceptors (Lipinski definition) is 2. The SMILES string of the molecule is O=C(N[C@H]1CCC[C@@H](C(F)(F)F)C1)c1csc2c1CCCC2. The quantitative estimate of drug-likeness (QED) is 0.851. The van der Waals surface area contributed by atoms with E-state index in [0.29, 0.717) is 18.4 Å². The lowest BCUT2D eigenvalue weighted by atomic mass is 9.85. The number of nitrogens with one attached hydrogen (secondary N) is 1. The summed E-state index contributed by atoms with van der Waals surface area (Å²) in [7, 11) is 0. The lowest BCUT2D eigenvalue weighted by molar-refractivity contribution is -0.183. The smallest absolute Gasteiger partial charge is 0.349 e. The summed E-state index contributed by atoms with van der Waals surface area (Å²) in [5.41, 5.74) is 1.81. The number of halogens is 3. The molecule has 1 saturated carbocycles. The van der Waals surface area contributed by atoms with E-state index >= 15 is 0 Å². The fourth-order valence-electron chi connectivity index (χ4n) is 3.57. The van der Waals surface area contributed by atoms with Gasteiger partial charge in [-0.2, -0.15) is 13.2 Å². The van der Waals surface area contributed by atoms with Gasteiger partial charge in [-0.15, -0.1) is 11.3 Å². The summed E-state index contributed by atoms with van der Waals surface area (Å²) in [6.45, 7) is 0. The predicted molar refractivity (Wildman–Crippen MR) is 80.2 cm³/mol. The molecule has 0 unspecified atom stereocenters. The number of fused-ring (bicyclic) bond motifs is 1. The molecule has 0 saturated heterocycles. The van der Waals surface area contributed by atoms with Crippen LogP contribution in [-0.2, 0) is 12.8 Å². The van der Waals surface area contributed by atoms with Crippen LogP contribution in [0, 0.1) is 5.92 Å². The molecule has 1 amide bonds. The molecule has 1 N–H and O–H groups in total. The van der Waals surface area contributed by atoms with Gasteiger partial charge in [0.1, 0.15) is 0 Å². The number of thiophene rings is 1. The third kappa shape index (κ3) is 3.31. The molecule has 0 aliphatic heterocycles. The maximum absolute atomic E-state index is 12.8. The van der Waals surface area contributed by atoms with Crippen molar-refractivity contribution in [2.45, 2.75) is 63.6 Å². The molecule has 1 heterocycles. The van der Waals surface area contributed by atoms with Gasteiger partial charge in [-0.3, -0.25) is 4.79 Å². The number of rotatable bonds is 2. The Morgan fingerprint density at radius 1 is 1.18 bits per heavy atom. The summed E-state index contributed by atoms with van der Waals surface area (Å²) in [5, 5.41) is 4.71. The van der Waals surface area contributed by atoms with Gasteiger partial charge in [0.2, 0.25) is 0 Å². The number of amides is 1. The lowest BCUT2D eigenvalue weighted by Crippen LogP contribution is -2.41. The van der Waals surface area contributed by atoms with Gasteiger partial charge in [-0.25, -0.2) is 0 Å². The molecule has 1 aromatic heterocycles. The number of carbonyl (C=O) groups is 1. The largest absolute Gasteiger partial charge is 0.391 e. The second-order valence-electron chi connectivity index (χ2n) is 6.33. The van der Waals surface area contributed by atoms with E-state index in [4.69, 9.17) is 0 Å². The standard InChI is InChI=1S/C16H20F3NOS/c17-16(18,19)10-4-3-5-11(8-10)20-15(21)13-9-22-14-7-2-1-6-12(13)14/h9-11H,1-8H2,(H,20,21)/t10-,11+/m1/s1. The molecule has 0 radical (unpaired) electrons. The third-order valence-corrected chi connectivity index (χ3v) is 5.87. The van der Waals surface area contributed by atoms with Gasteiger partial charge < -0.3 is 5.32 Å². The molecule has 0 aromatic carbocycles. The topological polar surface area (TPSA) is 29.1 Å². The number of hydrogen-bond donors (Lipinski definition) is 1. The van der Waals surface area contributed by atoms with Gasteiger partial charge in [-0.1, -0.05) is 6.42 Å². The Morgan fingerprint density at radius 3 is 2.73 bits per heavy atom. The summed E-state index contributed by atoms with van der Waals surface area (Å²) in [4.78, 5) is 13.7. The molecule has 2 aliphatic carbocycles. The van der Waals surface area contributed by atoms with Crippen molar-refractivity contribution in [1.29, 1.82) is 0 Å². The van der Waals surface area contributed by atoms with E-state index in [1.807, 2.05) is 5.38 Å². The van der Waals surface area contributed by atoms with E-state index in [0.717, 1.165) is 31.2 Å². The summed E-state index contributed by atoms with van der Waals surface area (Å²) in [5.74, 6) is -1.46. The van der Waals surface area contributed by atoms with E-state index in [1.54, 1.807) is 11.3 Å². The van der Waals surface area contributed by atoms with Crippen LogP contribution in [0.2, 0.25) is 0 Å². The van der Waals surface area contributed by atoms with Gasteiger partial charge in [0.15, 0.2) is 0 Å². The number of aryl methyl sites for hydroxylation is 1. The van der Waals surface area contributed by atoms with Crippen LogP contribution in [0.4, 0.5) is 13.2 Å². The Bertz CT molecular complexity index is 552. The normalized spacial score (nSPS) is 25.6. The average Bonchev–Trinajstić information content (AvgIpc) is 2.90. The molecule has 1 fully saturated rings. The third-order valence-electron chi connectivity index (χ3n) is 4.78. The summed E-state index contributed by atoms with van der Waals surface area (Å²) in [6.07, 6.45) is 1.40. The van der Waals surface area contributed by atoms with Crippen LogP contribution in [0.3, 0.4) is 0 Å². The summed E-state index contributed by atoms with van der Waals surface area (Å²) >= 11 is 1.61. The minimum absolute atomic E-state index is 0.0154. The van der Waals surface area contributed by atoms with Crippen molar-refractivity contribution < 1.29 is 18.0 Å². The Hall–Kier alpha value is -1.04. The summed E-state index contributed by atoms with van der Waals surface area (Å²) in [6, 6.07) is -0.355. The lowest BCUT2D eigenvalue weighted by Gasteiger charge is -2.31. The van der Waals surface area contributed by atoms with Crippen molar-refractivity contribution in [3.63, 3.8) is 0 Å². The number of carbonyl (C=O) groups excluding carboxylic acids is 1. The first-order valence-electron chi connectivity index (χ1n) is 7.92. The van der Waals surface area contributed by atoms with Crippen LogP contribution in [-0.4, -0.2) is 18.1 Å². The van der Waals surface area contributed by atoms with E-state index in [-0.39, 0.29) is 24.8 Å². The number of alkyl halides is 3. The molecule has 3 rings (SSSR count). The van der Waals surface area contributed by atoms with E-state index in [2.05, 4.69) is 5.32 Å². The van der Waals surface area contributed by atoms with E-state index < -0.39 is 12.1 Å². The maximum Gasteiger partial charge on any atom is 0.391 e. The maximum atomic E-state index is 12.8. The van der Waals surface area contributed by atoms with Crippen molar-refractivity contribution in [3.05, 3.63) is 21.4 Å². The van der Waals surface area contributed by atoms with Crippen molar-refractivity contribution in [2.75, 3.05) is 0 Å². The van der Waals surface area contributed by atoms with Crippen molar-refractivity contribution in [3.8, 4) is 0 Å². The van der Waals surface area contributed by atoms with Crippen LogP contribution in [0.5, 0.6) is 0 Å². The molecule has 122 valence electrons. The van der Waals surface area contributed by atoms with Gasteiger partial charge in [0.25, 0.3) is 5.91 Å². The zero-order valence-electron chi connectivity index (χ0n) is 12.3. The second-order valence-corrected chi connectivity index (χ2v) is 7.30. The Balaban J connectivity index is 1.65. The molecular weight excluding hydrogens is 311 g/mol. The summed E-state index contributed by atoms with van der Waals surface area (Å²) < 4.78 is 38.5. The Morgan fingerprint density at radius 2 is 1.95 bits per heavy atom. The van der Waals surface area contributed by atoms with Gasteiger partial charge in [0, 0.05) is 16.3 Å². The molecule has 22 heavy (non-hydrogen) atoms. The van der Waals surface area contributed by atoms with Gasteiger partial charge >= 0.3 is 6.18 Å². The Kier molecular flexibility index (Phi) is 4.48. The molecule has 0 bridgehead atoms. The minimum Gasteiger partial charge on any atom is -0.349 e. The molecule has 2 nitrogen and oxygen atoms in total. The van der Waals surface area contributed by atoms with Gasteiger partial charge in [0.05, 0.1) is 11.5 Å². The molecule has 2 aliphatic rings. The zero-order chi connectivity index (χ0) is 15.7. The van der Waals surface area contributed by atoms with Crippen molar-refractivity contribution >= 4 is 17.2 Å². The zero-order valence-corrected chi connectivity index (χ0v) is 13.2. The van der Waals surface area contributed by atoms with Crippen LogP contribution < -0.4 is 5.32 Å². The van der Waals surface area contributed by atoms with Crippen LogP contribution in [0.15, 0.2) is 5.38 Å². The molecule has 2 atom stereocenters. The average molecular weight is 331 g/mol. The fraction of sp³-hybridized carbons (Fsp3) is 0.688. The van der Waals surface area contributed by atoms with Crippen LogP contribution in [0.1, 0.15) is 59.3 Å². The van der Waals surface area contributed by atoms with E-state index in [1.165, 1.54) is 4.88 Å². The predicted octanol–water partition coefficient (Wildman–Crippen LogP) is 4.48. The van der Waals surface area contributed by atoms with Gasteiger partial charge in [-0.05, 0) is 50.5 Å². The first-order valence-corrected chi connectivity index (χ1v) is 8.80. The highest BCUT2D eigenvalue weighted by molar-refractivity contribution is 7.10. The Labute approximate surface area is 132 Å². The van der Waals surface area contributed by atoms with E-state index in [9.17, 15) is 18.0 Å². The monoisotopic (exact) mass is 331 g/mol. The minimum atomic E-state index is -4.15. The first-order chi connectivity index (χ1) is 10.4. The second kappa shape index (κ2) is 6.22.